The van der Waals surface area contributed by atoms with Crippen molar-refractivity contribution >= 4 is 17.6 Å². The summed E-state index contributed by atoms with van der Waals surface area (Å²) in [5.74, 6) is 3.10. The van der Waals surface area contributed by atoms with Gasteiger partial charge in [0.25, 0.3) is 0 Å². The summed E-state index contributed by atoms with van der Waals surface area (Å²) in [6.07, 6.45) is 11.8. The Morgan fingerprint density at radius 1 is 0.886 bits per heavy atom. The number of oxime groups is 1. The number of nitrogens with zero attached hydrogens (tertiary/aromatic N) is 6. The van der Waals surface area contributed by atoms with Crippen molar-refractivity contribution in [2.75, 3.05) is 7.11 Å². The fourth-order valence-corrected chi connectivity index (χ4v) is 2.82. The topological polar surface area (TPSA) is 86.0 Å². The zero-order valence-electron chi connectivity index (χ0n) is 23.1. The van der Waals surface area contributed by atoms with Crippen molar-refractivity contribution in [3.8, 4) is 0 Å². The molecule has 0 aliphatic heterocycles. The maximum absolute atomic E-state index is 4.42. The lowest BCUT2D eigenvalue weighted by atomic mass is 10.1. The second kappa shape index (κ2) is 19.6. The molecule has 0 bridgehead atoms. The van der Waals surface area contributed by atoms with E-state index in [9.17, 15) is 0 Å². The molecule has 0 radical (unpaired) electrons. The van der Waals surface area contributed by atoms with Crippen molar-refractivity contribution in [3.05, 3.63) is 64.7 Å². The van der Waals surface area contributed by atoms with Gasteiger partial charge in [-0.2, -0.15) is 0 Å². The summed E-state index contributed by atoms with van der Waals surface area (Å²) in [5.41, 5.74) is 5.43. The second-order valence-corrected chi connectivity index (χ2v) is 10.1. The molecule has 3 aromatic rings. The van der Waals surface area contributed by atoms with Crippen LogP contribution in [0.15, 0.2) is 47.2 Å². The van der Waals surface area contributed by atoms with E-state index < -0.39 is 0 Å². The lowest BCUT2D eigenvalue weighted by molar-refractivity contribution is 0.213. The largest absolute Gasteiger partial charge is 0.399 e. The molecule has 3 heterocycles. The summed E-state index contributed by atoms with van der Waals surface area (Å²) in [5, 5.41) is 5.66. The molecule has 0 unspecified atom stereocenters. The molecule has 7 nitrogen and oxygen atoms in total. The predicted molar refractivity (Wildman–Crippen MR) is 148 cm³/mol. The summed E-state index contributed by atoms with van der Waals surface area (Å²) in [6.45, 7) is 18.9. The molecule has 0 amide bonds. The molecule has 0 aromatic carbocycles. The van der Waals surface area contributed by atoms with Crippen molar-refractivity contribution in [2.45, 2.75) is 80.6 Å². The molecular weight excluding hydrogens is 456 g/mol. The van der Waals surface area contributed by atoms with Gasteiger partial charge >= 0.3 is 0 Å². The van der Waals surface area contributed by atoms with E-state index in [-0.39, 0.29) is 0 Å². The van der Waals surface area contributed by atoms with E-state index in [1.807, 2.05) is 51.1 Å². The van der Waals surface area contributed by atoms with Crippen LogP contribution in [0.1, 0.15) is 89.9 Å². The highest BCUT2D eigenvalue weighted by atomic mass is 32.1. The molecular formula is C27H44N6OS. The smallest absolute Gasteiger partial charge is 0.130 e. The first-order chi connectivity index (χ1) is 16.6. The third-order valence-corrected chi connectivity index (χ3v) is 4.77. The van der Waals surface area contributed by atoms with Crippen LogP contribution in [0, 0.1) is 18.8 Å². The first-order valence-corrected chi connectivity index (χ1v) is 13.0. The van der Waals surface area contributed by atoms with Gasteiger partial charge in [-0.15, -0.1) is 11.3 Å². The van der Waals surface area contributed by atoms with Gasteiger partial charge < -0.3 is 4.84 Å². The maximum atomic E-state index is 4.42. The number of hydrogen-bond acceptors (Lipinski definition) is 8. The van der Waals surface area contributed by atoms with Crippen LogP contribution in [0.2, 0.25) is 0 Å². The Hall–Kier alpha value is -2.74. The monoisotopic (exact) mass is 500 g/mol. The number of rotatable bonds is 6. The molecule has 194 valence electrons. The molecule has 0 atom stereocenters. The van der Waals surface area contributed by atoms with E-state index in [2.05, 4.69) is 81.8 Å². The number of hydrogen-bond donors (Lipinski definition) is 0. The zero-order valence-corrected chi connectivity index (χ0v) is 24.0. The average Bonchev–Trinajstić information content (AvgIpc) is 3.32. The Labute approximate surface area is 216 Å². The zero-order chi connectivity index (χ0) is 26.6. The first-order valence-electron chi connectivity index (χ1n) is 12.0. The third kappa shape index (κ3) is 18.3. The van der Waals surface area contributed by atoms with Crippen LogP contribution >= 0.6 is 11.3 Å². The molecule has 0 saturated carbocycles. The molecule has 8 heteroatoms. The molecule has 0 fully saturated rings. The first kappa shape index (κ1) is 32.3. The van der Waals surface area contributed by atoms with Crippen LogP contribution in [0.25, 0.3) is 0 Å². The fourth-order valence-electron chi connectivity index (χ4n) is 2.25. The Morgan fingerprint density at radius 2 is 1.49 bits per heavy atom. The Balaban J connectivity index is 0.000000444. The van der Waals surface area contributed by atoms with Crippen LogP contribution in [0.5, 0.6) is 0 Å². The SMILES string of the molecule is CC(C)Cc1cscn1.CC(C)c1cncnc1.CON=CC(C)C.Cc1cnc(C(C)C)nc1. The van der Waals surface area contributed by atoms with E-state index in [1.165, 1.54) is 11.3 Å². The number of aryl methyl sites for hydroxylation is 1. The van der Waals surface area contributed by atoms with Gasteiger partial charge in [-0.25, -0.2) is 24.9 Å². The van der Waals surface area contributed by atoms with Crippen molar-refractivity contribution in [1.82, 2.24) is 24.9 Å². The van der Waals surface area contributed by atoms with Crippen molar-refractivity contribution < 1.29 is 4.84 Å². The Bertz CT molecular complexity index is 880. The summed E-state index contributed by atoms with van der Waals surface area (Å²) < 4.78 is 0. The minimum Gasteiger partial charge on any atom is -0.399 e. The molecule has 0 aliphatic rings. The van der Waals surface area contributed by atoms with E-state index in [0.717, 1.165) is 23.7 Å². The van der Waals surface area contributed by atoms with Crippen LogP contribution in [-0.4, -0.2) is 38.2 Å². The van der Waals surface area contributed by atoms with Crippen LogP contribution in [-0.2, 0) is 11.3 Å². The second-order valence-electron chi connectivity index (χ2n) is 9.36. The molecule has 0 aliphatic carbocycles. The average molecular weight is 501 g/mol. The fraction of sp³-hybridized carbons (Fsp3) is 0.556. The molecule has 0 saturated heterocycles. The van der Waals surface area contributed by atoms with E-state index in [4.69, 9.17) is 0 Å². The molecule has 0 N–H and O–H groups in total. The highest BCUT2D eigenvalue weighted by Crippen LogP contribution is 2.09. The maximum Gasteiger partial charge on any atom is 0.130 e. The van der Waals surface area contributed by atoms with Gasteiger partial charge in [-0.05, 0) is 42.2 Å². The normalized spacial score (nSPS) is 10.5. The van der Waals surface area contributed by atoms with Gasteiger partial charge in [-0.3, -0.25) is 0 Å². The molecule has 0 spiro atoms. The lowest BCUT2D eigenvalue weighted by Crippen LogP contribution is -1.95. The predicted octanol–water partition coefficient (Wildman–Crippen LogP) is 7.12. The number of thiazole rings is 1. The van der Waals surface area contributed by atoms with E-state index in [0.29, 0.717) is 17.8 Å². The van der Waals surface area contributed by atoms with Gasteiger partial charge in [0.1, 0.15) is 19.3 Å². The van der Waals surface area contributed by atoms with Crippen molar-refractivity contribution in [2.24, 2.45) is 17.0 Å². The van der Waals surface area contributed by atoms with E-state index in [1.54, 1.807) is 31.0 Å². The minimum absolute atomic E-state index is 0.431. The Kier molecular flexibility index (Phi) is 18.0. The van der Waals surface area contributed by atoms with Crippen molar-refractivity contribution in [1.29, 1.82) is 0 Å². The highest BCUT2D eigenvalue weighted by Gasteiger charge is 1.99. The lowest BCUT2D eigenvalue weighted by Gasteiger charge is -2.00. The van der Waals surface area contributed by atoms with Gasteiger partial charge in [-0.1, -0.05) is 60.5 Å². The molecule has 3 aromatic heterocycles. The van der Waals surface area contributed by atoms with Gasteiger partial charge in [0.15, 0.2) is 0 Å². The molecule has 35 heavy (non-hydrogen) atoms. The van der Waals surface area contributed by atoms with Gasteiger partial charge in [0.2, 0.25) is 0 Å². The summed E-state index contributed by atoms with van der Waals surface area (Å²) in [7, 11) is 1.54. The van der Waals surface area contributed by atoms with E-state index >= 15 is 0 Å². The Morgan fingerprint density at radius 3 is 1.83 bits per heavy atom. The standard InChI is InChI=1S/C8H12N2.C7H10N2.C7H11NS.C5H11NO/c1-6(2)8-9-4-7(3)5-10-8;1-6(2)7-3-8-5-9-4-7;1-6(2)3-7-4-9-5-8-7;1-5(2)4-6-7-3/h4-6H,1-3H3;3-6H,1-2H3;4-6H,3H2,1-2H3;4-5H,1-3H3. The quantitative estimate of drug-likeness (QED) is 0.264. The molecule has 3 rings (SSSR count). The summed E-state index contributed by atoms with van der Waals surface area (Å²) in [4.78, 5) is 24.7. The van der Waals surface area contributed by atoms with Gasteiger partial charge in [0.05, 0.1) is 11.2 Å². The minimum atomic E-state index is 0.431. The third-order valence-electron chi connectivity index (χ3n) is 4.13. The number of aromatic nitrogens is 5. The summed E-state index contributed by atoms with van der Waals surface area (Å²) in [6, 6.07) is 0. The van der Waals surface area contributed by atoms with Crippen LogP contribution < -0.4 is 0 Å². The van der Waals surface area contributed by atoms with Crippen molar-refractivity contribution in [3.63, 3.8) is 0 Å². The van der Waals surface area contributed by atoms with Crippen LogP contribution in [0.3, 0.4) is 0 Å². The van der Waals surface area contributed by atoms with Gasteiger partial charge in [0, 0.05) is 42.3 Å². The highest BCUT2D eigenvalue weighted by molar-refractivity contribution is 7.07. The summed E-state index contributed by atoms with van der Waals surface area (Å²) >= 11 is 1.67. The van der Waals surface area contributed by atoms with Crippen LogP contribution in [0.4, 0.5) is 0 Å².